The first-order valence-electron chi connectivity index (χ1n) is 9.61. The molecule has 2 aliphatic rings. The van der Waals surface area contributed by atoms with Crippen LogP contribution in [-0.2, 0) is 26.9 Å². The summed E-state index contributed by atoms with van der Waals surface area (Å²) < 4.78 is 43.8. The second kappa shape index (κ2) is 11.6. The van der Waals surface area contributed by atoms with Gasteiger partial charge < -0.3 is 14.7 Å². The van der Waals surface area contributed by atoms with Crippen molar-refractivity contribution >= 4 is 24.1 Å². The van der Waals surface area contributed by atoms with E-state index in [0.29, 0.717) is 31.9 Å². The van der Waals surface area contributed by atoms with Crippen LogP contribution in [0.5, 0.6) is 0 Å². The predicted molar refractivity (Wildman–Crippen MR) is 108 cm³/mol. The van der Waals surface area contributed by atoms with Crippen LogP contribution in [-0.4, -0.2) is 84.7 Å². The second-order valence-corrected chi connectivity index (χ2v) is 8.31. The third-order valence-electron chi connectivity index (χ3n) is 5.15. The maximum absolute atomic E-state index is 12.8. The van der Waals surface area contributed by atoms with Crippen molar-refractivity contribution < 1.29 is 32.6 Å². The van der Waals surface area contributed by atoms with E-state index >= 15 is 0 Å². The molecule has 0 unspecified atom stereocenters. The largest absolute Gasteiger partial charge is 0.483 e. The van der Waals surface area contributed by atoms with Gasteiger partial charge in [-0.2, -0.15) is 24.9 Å². The molecule has 0 aliphatic carbocycles. The third kappa shape index (κ3) is 7.17. The summed E-state index contributed by atoms with van der Waals surface area (Å²) in [6.45, 7) is 4.18. The Kier molecular flexibility index (Phi) is 9.44. The highest BCUT2D eigenvalue weighted by molar-refractivity contribution is 7.98. The molecule has 0 aromatic heterocycles. The molecule has 2 saturated heterocycles. The van der Waals surface area contributed by atoms with Crippen LogP contribution in [0.4, 0.5) is 13.2 Å². The van der Waals surface area contributed by atoms with Crippen molar-refractivity contribution in [3.05, 3.63) is 35.4 Å². The van der Waals surface area contributed by atoms with Crippen molar-refractivity contribution in [3.8, 4) is 0 Å². The summed E-state index contributed by atoms with van der Waals surface area (Å²) in [5.74, 6) is 1.29. The van der Waals surface area contributed by atoms with E-state index in [-0.39, 0.29) is 30.8 Å². The summed E-state index contributed by atoms with van der Waals surface area (Å²) in [6.07, 6.45) is -2.14. The topological polar surface area (TPSA) is 70.1 Å². The molecule has 2 aliphatic heterocycles. The van der Waals surface area contributed by atoms with Crippen molar-refractivity contribution in [1.82, 2.24) is 9.80 Å². The molecule has 2 atom stereocenters. The number of nitrogens with zero attached hydrogens (tertiary/aromatic N) is 2. The zero-order valence-corrected chi connectivity index (χ0v) is 17.6. The molecule has 0 saturated carbocycles. The minimum atomic E-state index is -4.36. The second-order valence-electron chi connectivity index (χ2n) is 7.32. The lowest BCUT2D eigenvalue weighted by atomic mass is 10.1. The minimum absolute atomic E-state index is 0.0293. The molecule has 2 bridgehead atoms. The van der Waals surface area contributed by atoms with E-state index in [0.717, 1.165) is 31.0 Å². The quantitative estimate of drug-likeness (QED) is 0.698. The molecule has 1 aromatic rings. The van der Waals surface area contributed by atoms with E-state index in [2.05, 4.69) is 11.2 Å². The number of hydrogen-bond acceptors (Lipinski definition) is 5. The Hall–Kier alpha value is -1.78. The summed E-state index contributed by atoms with van der Waals surface area (Å²) >= 11 is 1.80. The lowest BCUT2D eigenvalue weighted by Crippen LogP contribution is -2.46. The molecule has 168 valence electrons. The number of hydrogen-bond donors (Lipinski definition) is 1. The van der Waals surface area contributed by atoms with E-state index in [1.807, 2.05) is 4.90 Å². The average Bonchev–Trinajstić information content (AvgIpc) is 2.97. The van der Waals surface area contributed by atoms with E-state index in [9.17, 15) is 18.0 Å². The number of carbonyl (C=O) groups is 2. The fourth-order valence-electron chi connectivity index (χ4n) is 3.71. The summed E-state index contributed by atoms with van der Waals surface area (Å²) in [5.41, 5.74) is -0.0810. The highest BCUT2D eigenvalue weighted by atomic mass is 32.2. The molecule has 0 spiro atoms. The van der Waals surface area contributed by atoms with Crippen molar-refractivity contribution in [2.45, 2.75) is 18.6 Å². The van der Waals surface area contributed by atoms with Crippen LogP contribution in [0.25, 0.3) is 0 Å². The zero-order valence-electron chi connectivity index (χ0n) is 16.8. The van der Waals surface area contributed by atoms with Gasteiger partial charge in [0.1, 0.15) is 0 Å². The maximum atomic E-state index is 12.8. The van der Waals surface area contributed by atoms with Gasteiger partial charge in [0, 0.05) is 37.8 Å². The molecule has 1 amide bonds. The van der Waals surface area contributed by atoms with Crippen molar-refractivity contribution in [2.75, 3.05) is 51.4 Å². The van der Waals surface area contributed by atoms with Crippen LogP contribution < -0.4 is 0 Å². The fraction of sp³-hybridized carbons (Fsp3) is 0.600. The molecule has 0 radical (unpaired) electrons. The van der Waals surface area contributed by atoms with Gasteiger partial charge in [0.05, 0.1) is 31.2 Å². The van der Waals surface area contributed by atoms with Crippen LogP contribution >= 0.6 is 11.8 Å². The molecule has 10 heteroatoms. The van der Waals surface area contributed by atoms with E-state index in [1.54, 1.807) is 11.8 Å². The predicted octanol–water partition coefficient (Wildman–Crippen LogP) is 2.47. The first-order chi connectivity index (χ1) is 14.3. The van der Waals surface area contributed by atoms with Crippen LogP contribution in [0.15, 0.2) is 24.3 Å². The van der Waals surface area contributed by atoms with Crippen LogP contribution in [0.1, 0.15) is 11.1 Å². The number of carboxylic acid groups (broad SMARTS) is 1. The van der Waals surface area contributed by atoms with Crippen molar-refractivity contribution in [1.29, 1.82) is 0 Å². The molecular weight excluding hydrogens is 421 g/mol. The lowest BCUT2D eigenvalue weighted by molar-refractivity contribution is -0.137. The van der Waals surface area contributed by atoms with E-state index in [1.165, 1.54) is 12.1 Å². The minimum Gasteiger partial charge on any atom is -0.483 e. The maximum Gasteiger partial charge on any atom is 0.416 e. The highest BCUT2D eigenvalue weighted by Crippen LogP contribution is 2.29. The van der Waals surface area contributed by atoms with Gasteiger partial charge >= 0.3 is 6.18 Å². The molecule has 30 heavy (non-hydrogen) atoms. The van der Waals surface area contributed by atoms with E-state index in [4.69, 9.17) is 14.6 Å². The first-order valence-corrected chi connectivity index (χ1v) is 11.0. The summed E-state index contributed by atoms with van der Waals surface area (Å²) in [6, 6.07) is 5.05. The Morgan fingerprint density at radius 3 is 2.50 bits per heavy atom. The Bertz CT molecular complexity index is 688. The number of ether oxygens (including phenoxy) is 1. The molecule has 2 fully saturated rings. The van der Waals surface area contributed by atoms with Gasteiger partial charge in [-0.05, 0) is 24.0 Å². The number of thioether (sulfide) groups is 1. The number of rotatable bonds is 5. The average molecular weight is 449 g/mol. The number of benzene rings is 1. The van der Waals surface area contributed by atoms with Crippen LogP contribution in [0.2, 0.25) is 0 Å². The normalized spacial score (nSPS) is 21.9. The van der Waals surface area contributed by atoms with Crippen LogP contribution in [0, 0.1) is 5.92 Å². The van der Waals surface area contributed by atoms with Gasteiger partial charge in [0.25, 0.3) is 6.47 Å². The van der Waals surface area contributed by atoms with Crippen LogP contribution in [0.3, 0.4) is 0 Å². The number of alkyl halides is 3. The Labute approximate surface area is 178 Å². The molecule has 2 heterocycles. The van der Waals surface area contributed by atoms with Gasteiger partial charge in [0.2, 0.25) is 5.91 Å². The molecule has 6 nitrogen and oxygen atoms in total. The summed E-state index contributed by atoms with van der Waals surface area (Å²) in [4.78, 5) is 25.4. The zero-order chi connectivity index (χ0) is 22.1. The van der Waals surface area contributed by atoms with Gasteiger partial charge in [-0.3, -0.25) is 14.5 Å². The Balaban J connectivity index is 0.00000101. The highest BCUT2D eigenvalue weighted by Gasteiger charge is 2.35. The monoisotopic (exact) mass is 448 g/mol. The standard InChI is InChI=1S/C19H25F3N2O2S.CH2O2/c1-27-7-6-23-9-15-10-24(11-17(23)13-26-12-15)18(25)8-14-2-4-16(5-3-14)19(20,21)22;2-1-3/h2-5,15,17H,6-13H2,1H3;1H,(H,2,3)/t15-,17+;/m1./s1. The smallest absolute Gasteiger partial charge is 0.416 e. The number of amides is 1. The Morgan fingerprint density at radius 2 is 1.90 bits per heavy atom. The summed E-state index contributed by atoms with van der Waals surface area (Å²) in [5, 5.41) is 6.89. The number of fused-ring (bicyclic) bond motifs is 3. The number of halogens is 3. The molecule has 1 N–H and O–H groups in total. The summed E-state index contributed by atoms with van der Waals surface area (Å²) in [7, 11) is 0. The van der Waals surface area contributed by atoms with Crippen molar-refractivity contribution in [2.24, 2.45) is 5.92 Å². The van der Waals surface area contributed by atoms with E-state index < -0.39 is 11.7 Å². The molecule has 1 aromatic carbocycles. The van der Waals surface area contributed by atoms with Gasteiger partial charge in [0.15, 0.2) is 0 Å². The fourth-order valence-corrected chi connectivity index (χ4v) is 4.13. The Morgan fingerprint density at radius 1 is 1.23 bits per heavy atom. The van der Waals surface area contributed by atoms with Gasteiger partial charge in [-0.25, -0.2) is 0 Å². The molecule has 3 rings (SSSR count). The van der Waals surface area contributed by atoms with Gasteiger partial charge in [-0.1, -0.05) is 12.1 Å². The van der Waals surface area contributed by atoms with Crippen molar-refractivity contribution in [3.63, 3.8) is 0 Å². The third-order valence-corrected chi connectivity index (χ3v) is 5.75. The molecular formula is C20H27F3N2O4S. The SMILES string of the molecule is CSCCN1C[C@H]2COC[C@@H]1CN(C(=O)Cc1ccc(C(F)(F)F)cc1)C2.O=CO. The first kappa shape index (κ1) is 24.5. The van der Waals surface area contributed by atoms with Gasteiger partial charge in [-0.15, -0.1) is 0 Å². The number of carbonyl (C=O) groups excluding carboxylic acids is 1. The lowest BCUT2D eigenvalue weighted by Gasteiger charge is -2.31.